The fourth-order valence-corrected chi connectivity index (χ4v) is 2.27. The van der Waals surface area contributed by atoms with Gasteiger partial charge in [0.2, 0.25) is 0 Å². The van der Waals surface area contributed by atoms with Gasteiger partial charge in [-0.3, -0.25) is 0 Å². The molecule has 6 nitrogen and oxygen atoms in total. The zero-order chi connectivity index (χ0) is 15.0. The molecule has 0 spiro atoms. The third-order valence-corrected chi connectivity index (χ3v) is 3.63. The van der Waals surface area contributed by atoms with Gasteiger partial charge in [-0.15, -0.1) is 12.3 Å². The number of aliphatic carboxylic acids is 1. The fraction of sp³-hybridized carbons (Fsp3) is 0.714. The minimum absolute atomic E-state index is 0.0162. The van der Waals surface area contributed by atoms with Crippen LogP contribution in [0.1, 0.15) is 26.2 Å². The molecule has 0 radical (unpaired) electrons. The maximum Gasteiger partial charge on any atom is 0.327 e. The van der Waals surface area contributed by atoms with Gasteiger partial charge in [0.1, 0.15) is 6.04 Å². The quantitative estimate of drug-likeness (QED) is 0.619. The van der Waals surface area contributed by atoms with E-state index in [0.29, 0.717) is 12.5 Å². The van der Waals surface area contributed by atoms with Crippen LogP contribution in [-0.4, -0.2) is 54.2 Å². The zero-order valence-corrected chi connectivity index (χ0v) is 11.9. The zero-order valence-electron chi connectivity index (χ0n) is 11.9. The summed E-state index contributed by atoms with van der Waals surface area (Å²) in [5.74, 6) is 1.58. The first kappa shape index (κ1) is 16.3. The number of carbonyl (C=O) groups excluding carboxylic acids is 1. The number of hydrogen-bond acceptors (Lipinski definition) is 3. The lowest BCUT2D eigenvalue weighted by Crippen LogP contribution is -2.47. The molecule has 0 aromatic heterocycles. The number of amides is 2. The summed E-state index contributed by atoms with van der Waals surface area (Å²) in [7, 11) is 0. The molecule has 0 aromatic carbocycles. The first-order valence-corrected chi connectivity index (χ1v) is 6.99. The van der Waals surface area contributed by atoms with Crippen molar-refractivity contribution in [2.24, 2.45) is 5.92 Å². The lowest BCUT2D eigenvalue weighted by molar-refractivity contribution is -0.139. The fourth-order valence-electron chi connectivity index (χ4n) is 2.27. The van der Waals surface area contributed by atoms with Gasteiger partial charge in [-0.05, 0) is 38.4 Å². The van der Waals surface area contributed by atoms with Crippen LogP contribution in [0.5, 0.6) is 0 Å². The summed E-state index contributed by atoms with van der Waals surface area (Å²) in [6.07, 6.45) is 7.17. The van der Waals surface area contributed by atoms with Crippen molar-refractivity contribution in [3.8, 4) is 12.3 Å². The van der Waals surface area contributed by atoms with E-state index in [1.54, 1.807) is 0 Å². The SMILES string of the molecule is C#CCC(NC(=O)NCC1CCN(CC)CC1)C(=O)O. The summed E-state index contributed by atoms with van der Waals surface area (Å²) < 4.78 is 0. The van der Waals surface area contributed by atoms with Crippen molar-refractivity contribution in [3.63, 3.8) is 0 Å². The number of piperidine rings is 1. The first-order valence-electron chi connectivity index (χ1n) is 6.99. The number of rotatable bonds is 6. The normalized spacial score (nSPS) is 18.0. The Morgan fingerprint density at radius 1 is 1.45 bits per heavy atom. The summed E-state index contributed by atoms with van der Waals surface area (Å²) in [5.41, 5.74) is 0. The predicted octanol–water partition coefficient (Wildman–Crippen LogP) is 0.494. The molecule has 6 heteroatoms. The van der Waals surface area contributed by atoms with Crippen LogP contribution in [0, 0.1) is 18.3 Å². The largest absolute Gasteiger partial charge is 0.480 e. The Morgan fingerprint density at radius 3 is 2.60 bits per heavy atom. The van der Waals surface area contributed by atoms with Gasteiger partial charge in [-0.1, -0.05) is 6.92 Å². The van der Waals surface area contributed by atoms with E-state index in [1.807, 2.05) is 0 Å². The molecule has 2 amide bonds. The summed E-state index contributed by atoms with van der Waals surface area (Å²) in [5, 5.41) is 14.0. The maximum atomic E-state index is 11.6. The van der Waals surface area contributed by atoms with E-state index in [0.717, 1.165) is 32.5 Å². The van der Waals surface area contributed by atoms with Crippen LogP contribution in [0.2, 0.25) is 0 Å². The molecular formula is C14H23N3O3. The van der Waals surface area contributed by atoms with Crippen LogP contribution in [0.15, 0.2) is 0 Å². The number of carboxylic acids is 1. The summed E-state index contributed by atoms with van der Waals surface area (Å²) in [4.78, 5) is 24.9. The van der Waals surface area contributed by atoms with Gasteiger partial charge in [0, 0.05) is 13.0 Å². The Morgan fingerprint density at radius 2 is 2.10 bits per heavy atom. The minimum atomic E-state index is -1.12. The summed E-state index contributed by atoms with van der Waals surface area (Å²) in [6, 6.07) is -1.49. The van der Waals surface area contributed by atoms with E-state index in [9.17, 15) is 9.59 Å². The van der Waals surface area contributed by atoms with Crippen LogP contribution in [-0.2, 0) is 4.79 Å². The highest BCUT2D eigenvalue weighted by Gasteiger charge is 2.21. The highest BCUT2D eigenvalue weighted by molar-refractivity contribution is 5.82. The molecule has 1 rings (SSSR count). The summed E-state index contributed by atoms with van der Waals surface area (Å²) in [6.45, 7) is 5.89. The second-order valence-corrected chi connectivity index (χ2v) is 5.03. The van der Waals surface area contributed by atoms with Gasteiger partial charge in [0.05, 0.1) is 0 Å². The molecular weight excluding hydrogens is 258 g/mol. The Hall–Kier alpha value is -1.74. The van der Waals surface area contributed by atoms with Crippen molar-refractivity contribution in [1.29, 1.82) is 0 Å². The number of nitrogens with one attached hydrogen (secondary N) is 2. The third-order valence-electron chi connectivity index (χ3n) is 3.63. The molecule has 1 saturated heterocycles. The highest BCUT2D eigenvalue weighted by atomic mass is 16.4. The van der Waals surface area contributed by atoms with E-state index in [2.05, 4.69) is 28.4 Å². The van der Waals surface area contributed by atoms with E-state index in [1.165, 1.54) is 0 Å². The maximum absolute atomic E-state index is 11.6. The highest BCUT2D eigenvalue weighted by Crippen LogP contribution is 2.15. The average Bonchev–Trinajstić information content (AvgIpc) is 2.45. The first-order chi connectivity index (χ1) is 9.56. The monoisotopic (exact) mass is 281 g/mol. The Balaban J connectivity index is 2.26. The number of urea groups is 1. The number of likely N-dealkylation sites (tertiary alicyclic amines) is 1. The lowest BCUT2D eigenvalue weighted by Gasteiger charge is -2.31. The van der Waals surface area contributed by atoms with Gasteiger partial charge >= 0.3 is 12.0 Å². The molecule has 1 atom stereocenters. The molecule has 1 fully saturated rings. The molecule has 0 bridgehead atoms. The molecule has 0 aliphatic carbocycles. The van der Waals surface area contributed by atoms with Gasteiger partial charge in [0.25, 0.3) is 0 Å². The van der Waals surface area contributed by atoms with E-state index >= 15 is 0 Å². The van der Waals surface area contributed by atoms with Crippen molar-refractivity contribution in [2.45, 2.75) is 32.2 Å². The Bertz CT molecular complexity index is 370. The molecule has 1 unspecified atom stereocenters. The number of hydrogen-bond donors (Lipinski definition) is 3. The number of terminal acetylenes is 1. The Labute approximate surface area is 119 Å². The predicted molar refractivity (Wildman–Crippen MR) is 76.2 cm³/mol. The molecule has 20 heavy (non-hydrogen) atoms. The van der Waals surface area contributed by atoms with Gasteiger partial charge in [-0.2, -0.15) is 0 Å². The van der Waals surface area contributed by atoms with Crippen LogP contribution < -0.4 is 10.6 Å². The van der Waals surface area contributed by atoms with E-state index in [-0.39, 0.29) is 6.42 Å². The number of carboxylic acid groups (broad SMARTS) is 1. The van der Waals surface area contributed by atoms with Crippen molar-refractivity contribution in [3.05, 3.63) is 0 Å². The van der Waals surface area contributed by atoms with Gasteiger partial charge in [-0.25, -0.2) is 9.59 Å². The molecule has 0 saturated carbocycles. The van der Waals surface area contributed by atoms with Crippen LogP contribution in [0.3, 0.4) is 0 Å². The number of carbonyl (C=O) groups is 2. The van der Waals surface area contributed by atoms with E-state index < -0.39 is 18.0 Å². The molecule has 112 valence electrons. The lowest BCUT2D eigenvalue weighted by atomic mass is 9.97. The second kappa shape index (κ2) is 8.43. The van der Waals surface area contributed by atoms with Gasteiger partial charge in [0.15, 0.2) is 0 Å². The number of nitrogens with zero attached hydrogens (tertiary/aromatic N) is 1. The van der Waals surface area contributed by atoms with Gasteiger partial charge < -0.3 is 20.6 Å². The van der Waals surface area contributed by atoms with E-state index in [4.69, 9.17) is 11.5 Å². The van der Waals surface area contributed by atoms with Crippen molar-refractivity contribution >= 4 is 12.0 Å². The molecule has 1 heterocycles. The second-order valence-electron chi connectivity index (χ2n) is 5.03. The summed E-state index contributed by atoms with van der Waals surface area (Å²) >= 11 is 0. The topological polar surface area (TPSA) is 81.7 Å². The standard InChI is InChI=1S/C14H23N3O3/c1-3-5-12(13(18)19)16-14(20)15-10-11-6-8-17(4-2)9-7-11/h1,11-12H,4-10H2,2H3,(H,18,19)(H2,15,16,20). The smallest absolute Gasteiger partial charge is 0.327 e. The molecule has 3 N–H and O–H groups in total. The van der Waals surface area contributed by atoms with Crippen LogP contribution in [0.4, 0.5) is 4.79 Å². The van der Waals surface area contributed by atoms with Crippen molar-refractivity contribution < 1.29 is 14.7 Å². The van der Waals surface area contributed by atoms with Crippen LogP contribution >= 0.6 is 0 Å². The molecule has 1 aliphatic heterocycles. The van der Waals surface area contributed by atoms with Crippen molar-refractivity contribution in [1.82, 2.24) is 15.5 Å². The molecule has 1 aliphatic rings. The average molecular weight is 281 g/mol. The third kappa shape index (κ3) is 5.49. The van der Waals surface area contributed by atoms with Crippen molar-refractivity contribution in [2.75, 3.05) is 26.2 Å². The Kier molecular flexibility index (Phi) is 6.88. The molecule has 0 aromatic rings. The van der Waals surface area contributed by atoms with Crippen LogP contribution in [0.25, 0.3) is 0 Å². The minimum Gasteiger partial charge on any atom is -0.480 e.